The van der Waals surface area contributed by atoms with E-state index in [1.54, 1.807) is 4.90 Å². The largest absolute Gasteiger partial charge is 0.494 e. The van der Waals surface area contributed by atoms with Gasteiger partial charge in [-0.3, -0.25) is 9.69 Å². The second kappa shape index (κ2) is 9.71. The Morgan fingerprint density at radius 1 is 1.12 bits per heavy atom. The summed E-state index contributed by atoms with van der Waals surface area (Å²) in [6.07, 6.45) is 4.81. The standard InChI is InChI=1S/C25H25N3O2S2/c1-4-14-30-21-12-10-18(11-13-21)23-19(16-27(26-23)20-8-6-5-7-9-20)15-22-24(29)28(17(2)3)25(31)32-22/h5-13,15-17H,4,14H2,1-3H3. The molecule has 1 saturated heterocycles. The Kier molecular flexibility index (Phi) is 6.77. The topological polar surface area (TPSA) is 47.4 Å². The highest BCUT2D eigenvalue weighted by atomic mass is 32.2. The molecule has 0 radical (unpaired) electrons. The third-order valence-corrected chi connectivity index (χ3v) is 6.32. The first-order chi connectivity index (χ1) is 15.5. The van der Waals surface area contributed by atoms with E-state index in [1.165, 1.54) is 11.8 Å². The number of carbonyl (C=O) groups is 1. The molecule has 2 heterocycles. The zero-order chi connectivity index (χ0) is 22.7. The SMILES string of the molecule is CCCOc1ccc(-c2nn(-c3ccccc3)cc2C=C2SC(=S)N(C(C)C)C2=O)cc1. The normalized spacial score (nSPS) is 15.2. The van der Waals surface area contributed by atoms with Crippen LogP contribution in [0.1, 0.15) is 32.8 Å². The Morgan fingerprint density at radius 3 is 2.47 bits per heavy atom. The van der Waals surface area contributed by atoms with Crippen molar-refractivity contribution in [3.63, 3.8) is 0 Å². The lowest BCUT2D eigenvalue weighted by Gasteiger charge is -2.18. The van der Waals surface area contributed by atoms with Crippen LogP contribution in [0, 0.1) is 0 Å². The van der Waals surface area contributed by atoms with Crippen LogP contribution in [0.15, 0.2) is 65.7 Å². The lowest BCUT2D eigenvalue weighted by Crippen LogP contribution is -2.34. The van der Waals surface area contributed by atoms with Crippen molar-refractivity contribution in [2.45, 2.75) is 33.2 Å². The molecule has 1 aliphatic heterocycles. The molecule has 32 heavy (non-hydrogen) atoms. The van der Waals surface area contributed by atoms with Crippen molar-refractivity contribution in [3.05, 3.63) is 71.3 Å². The van der Waals surface area contributed by atoms with E-state index in [0.717, 1.165) is 34.7 Å². The van der Waals surface area contributed by atoms with Gasteiger partial charge >= 0.3 is 0 Å². The first-order valence-electron chi connectivity index (χ1n) is 10.6. The molecular weight excluding hydrogens is 438 g/mol. The molecule has 0 aliphatic carbocycles. The third kappa shape index (κ3) is 4.64. The van der Waals surface area contributed by atoms with Crippen molar-refractivity contribution >= 4 is 40.3 Å². The highest BCUT2D eigenvalue weighted by Gasteiger charge is 2.34. The average Bonchev–Trinajstić information content (AvgIpc) is 3.34. The molecule has 4 rings (SSSR count). The van der Waals surface area contributed by atoms with Crippen molar-refractivity contribution < 1.29 is 9.53 Å². The summed E-state index contributed by atoms with van der Waals surface area (Å²) in [4.78, 5) is 15.2. The minimum Gasteiger partial charge on any atom is -0.494 e. The molecule has 0 unspecified atom stereocenters. The molecule has 1 amide bonds. The maximum atomic E-state index is 12.9. The molecule has 5 nitrogen and oxygen atoms in total. The molecule has 0 spiro atoms. The fourth-order valence-corrected chi connectivity index (χ4v) is 4.94. The number of nitrogens with zero attached hydrogens (tertiary/aromatic N) is 3. The first kappa shape index (κ1) is 22.3. The van der Waals surface area contributed by atoms with Crippen LogP contribution >= 0.6 is 24.0 Å². The van der Waals surface area contributed by atoms with E-state index in [2.05, 4.69) is 6.92 Å². The Bertz CT molecular complexity index is 1150. The van der Waals surface area contributed by atoms with Gasteiger partial charge in [0.25, 0.3) is 5.91 Å². The summed E-state index contributed by atoms with van der Waals surface area (Å²) in [5.74, 6) is 0.772. The van der Waals surface area contributed by atoms with Crippen molar-refractivity contribution in [1.29, 1.82) is 0 Å². The van der Waals surface area contributed by atoms with Gasteiger partial charge in [0, 0.05) is 23.4 Å². The first-order valence-corrected chi connectivity index (χ1v) is 11.9. The monoisotopic (exact) mass is 463 g/mol. The zero-order valence-corrected chi connectivity index (χ0v) is 20.0. The van der Waals surface area contributed by atoms with Gasteiger partial charge < -0.3 is 4.74 Å². The van der Waals surface area contributed by atoms with Gasteiger partial charge in [-0.25, -0.2) is 4.68 Å². The molecule has 7 heteroatoms. The quantitative estimate of drug-likeness (QED) is 0.321. The van der Waals surface area contributed by atoms with Gasteiger partial charge in [0.05, 0.1) is 22.9 Å². The van der Waals surface area contributed by atoms with E-state index >= 15 is 0 Å². The average molecular weight is 464 g/mol. The lowest BCUT2D eigenvalue weighted by atomic mass is 10.1. The van der Waals surface area contributed by atoms with Crippen LogP contribution in [0.3, 0.4) is 0 Å². The number of ether oxygens (including phenoxy) is 1. The maximum Gasteiger partial charge on any atom is 0.266 e. The summed E-state index contributed by atoms with van der Waals surface area (Å²) < 4.78 is 8.14. The fraction of sp³-hybridized carbons (Fsp3) is 0.240. The molecule has 0 atom stereocenters. The van der Waals surface area contributed by atoms with Gasteiger partial charge in [-0.05, 0) is 62.7 Å². The Morgan fingerprint density at radius 2 is 1.84 bits per heavy atom. The molecule has 1 aliphatic rings. The summed E-state index contributed by atoms with van der Waals surface area (Å²) in [5, 5.41) is 4.85. The second-order valence-corrected chi connectivity index (χ2v) is 9.41. The highest BCUT2D eigenvalue weighted by molar-refractivity contribution is 8.26. The number of hydrogen-bond acceptors (Lipinski definition) is 5. The van der Waals surface area contributed by atoms with E-state index in [4.69, 9.17) is 22.1 Å². The van der Waals surface area contributed by atoms with Crippen molar-refractivity contribution in [3.8, 4) is 22.7 Å². The van der Waals surface area contributed by atoms with Crippen LogP contribution in [-0.2, 0) is 4.79 Å². The van der Waals surface area contributed by atoms with Gasteiger partial charge in [-0.15, -0.1) is 0 Å². The van der Waals surface area contributed by atoms with E-state index < -0.39 is 0 Å². The van der Waals surface area contributed by atoms with Gasteiger partial charge in [0.2, 0.25) is 0 Å². The van der Waals surface area contributed by atoms with Gasteiger partial charge in [-0.2, -0.15) is 5.10 Å². The molecule has 0 N–H and O–H groups in total. The summed E-state index contributed by atoms with van der Waals surface area (Å²) in [5.41, 5.74) is 3.56. The molecule has 164 valence electrons. The number of amides is 1. The highest BCUT2D eigenvalue weighted by Crippen LogP contribution is 2.36. The van der Waals surface area contributed by atoms with Crippen LogP contribution in [-0.4, -0.2) is 37.6 Å². The van der Waals surface area contributed by atoms with Crippen molar-refractivity contribution in [1.82, 2.24) is 14.7 Å². The molecule has 2 aromatic carbocycles. The number of thiocarbonyl (C=S) groups is 1. The predicted molar refractivity (Wildman–Crippen MR) is 135 cm³/mol. The van der Waals surface area contributed by atoms with Crippen LogP contribution in [0.25, 0.3) is 23.0 Å². The minimum absolute atomic E-state index is 0.0237. The molecule has 1 aromatic heterocycles. The third-order valence-electron chi connectivity index (χ3n) is 4.99. The van der Waals surface area contributed by atoms with Crippen molar-refractivity contribution in [2.24, 2.45) is 0 Å². The van der Waals surface area contributed by atoms with Gasteiger partial charge in [0.15, 0.2) is 0 Å². The van der Waals surface area contributed by atoms with Crippen LogP contribution in [0.2, 0.25) is 0 Å². The Hall–Kier alpha value is -2.90. The summed E-state index contributed by atoms with van der Waals surface area (Å²) in [6.45, 7) is 6.70. The van der Waals surface area contributed by atoms with Crippen molar-refractivity contribution in [2.75, 3.05) is 6.61 Å². The number of hydrogen-bond donors (Lipinski definition) is 0. The molecule has 3 aromatic rings. The molecule has 1 fully saturated rings. The minimum atomic E-state index is -0.0586. The summed E-state index contributed by atoms with van der Waals surface area (Å²) in [7, 11) is 0. The number of rotatable bonds is 7. The van der Waals surface area contributed by atoms with Crippen LogP contribution < -0.4 is 4.74 Å². The van der Waals surface area contributed by atoms with Crippen LogP contribution in [0.4, 0.5) is 0 Å². The Balaban J connectivity index is 1.75. The van der Waals surface area contributed by atoms with Crippen LogP contribution in [0.5, 0.6) is 5.75 Å². The number of para-hydroxylation sites is 1. The smallest absolute Gasteiger partial charge is 0.266 e. The number of carbonyl (C=O) groups excluding carboxylic acids is 1. The molecule has 0 saturated carbocycles. The van der Waals surface area contributed by atoms with E-state index in [9.17, 15) is 4.79 Å². The van der Waals surface area contributed by atoms with Gasteiger partial charge in [0.1, 0.15) is 10.1 Å². The fourth-order valence-electron chi connectivity index (χ4n) is 3.43. The second-order valence-electron chi connectivity index (χ2n) is 7.73. The van der Waals surface area contributed by atoms with Gasteiger partial charge in [-0.1, -0.05) is 49.1 Å². The Labute approximate surface area is 198 Å². The van der Waals surface area contributed by atoms with E-state index in [-0.39, 0.29) is 11.9 Å². The molecular formula is C25H25N3O2S2. The number of thioether (sulfide) groups is 1. The predicted octanol–water partition coefficient (Wildman–Crippen LogP) is 5.94. The number of benzene rings is 2. The van der Waals surface area contributed by atoms with E-state index in [1.807, 2.05) is 85.4 Å². The molecule has 0 bridgehead atoms. The lowest BCUT2D eigenvalue weighted by molar-refractivity contribution is -0.123. The summed E-state index contributed by atoms with van der Waals surface area (Å²) in [6, 6.07) is 17.9. The summed E-state index contributed by atoms with van der Waals surface area (Å²) >= 11 is 6.77. The number of aromatic nitrogens is 2. The maximum absolute atomic E-state index is 12.9. The zero-order valence-electron chi connectivity index (χ0n) is 18.3. The van der Waals surface area contributed by atoms with E-state index in [0.29, 0.717) is 15.8 Å².